The molecule has 2 aliphatic rings. The maximum absolute atomic E-state index is 14.3. The molecule has 0 amide bonds. The molecule has 0 spiro atoms. The molecule has 3 rings (SSSR count). The molecular weight excluding hydrogens is 213 g/mol. The molecule has 2 heteroatoms. The van der Waals surface area contributed by atoms with E-state index in [4.69, 9.17) is 0 Å². The lowest BCUT2D eigenvalue weighted by Gasteiger charge is -2.27. The molecular formula is C15H20FN. The van der Waals surface area contributed by atoms with Gasteiger partial charge in [0.2, 0.25) is 0 Å². The van der Waals surface area contributed by atoms with Crippen LogP contribution in [0.3, 0.4) is 0 Å². The first-order valence-electron chi connectivity index (χ1n) is 6.82. The molecule has 0 bridgehead atoms. The van der Waals surface area contributed by atoms with E-state index in [9.17, 15) is 4.39 Å². The Morgan fingerprint density at radius 3 is 2.71 bits per heavy atom. The second kappa shape index (κ2) is 4.77. The lowest BCUT2D eigenvalue weighted by Crippen LogP contribution is -2.26. The van der Waals surface area contributed by atoms with Crippen molar-refractivity contribution in [1.29, 1.82) is 0 Å². The van der Waals surface area contributed by atoms with E-state index in [1.165, 1.54) is 24.8 Å². The highest BCUT2D eigenvalue weighted by Gasteiger charge is 2.27. The number of nitrogens with one attached hydrogen (secondary N) is 1. The molecule has 2 atom stereocenters. The van der Waals surface area contributed by atoms with E-state index in [-0.39, 0.29) is 6.04 Å². The summed E-state index contributed by atoms with van der Waals surface area (Å²) in [5.41, 5.74) is 2.21. The second-order valence-electron chi connectivity index (χ2n) is 5.40. The Morgan fingerprint density at radius 2 is 2.06 bits per heavy atom. The smallest absolute Gasteiger partial charge is 0.140 e. The van der Waals surface area contributed by atoms with Gasteiger partial charge in [-0.25, -0.2) is 4.39 Å². The van der Waals surface area contributed by atoms with Crippen molar-refractivity contribution in [2.75, 3.05) is 6.54 Å². The van der Waals surface area contributed by atoms with Crippen LogP contribution in [-0.2, 0) is 0 Å². The molecule has 0 aromatic heterocycles. The normalized spacial score (nSPS) is 26.8. The summed E-state index contributed by atoms with van der Waals surface area (Å²) < 4.78 is 14.3. The number of halogens is 1. The summed E-state index contributed by atoms with van der Waals surface area (Å²) in [6, 6.07) is 8.24. The molecule has 1 aromatic carbocycles. The van der Waals surface area contributed by atoms with Gasteiger partial charge in [-0.3, -0.25) is 0 Å². The average Bonchev–Trinajstić information content (AvgIpc) is 2.79. The number of benzene rings is 1. The van der Waals surface area contributed by atoms with E-state index in [0.717, 1.165) is 24.9 Å². The van der Waals surface area contributed by atoms with Crippen LogP contribution in [-0.4, -0.2) is 12.6 Å². The SMILES string of the molecule is FC(c1cccc(C2CCC2)c1)C1CCCN1. The summed E-state index contributed by atoms with van der Waals surface area (Å²) in [5, 5.41) is 3.26. The van der Waals surface area contributed by atoms with E-state index in [0.29, 0.717) is 5.92 Å². The largest absolute Gasteiger partial charge is 0.311 e. The van der Waals surface area contributed by atoms with E-state index in [1.807, 2.05) is 12.1 Å². The zero-order chi connectivity index (χ0) is 11.7. The maximum Gasteiger partial charge on any atom is 0.140 e. The van der Waals surface area contributed by atoms with Crippen LogP contribution in [0.5, 0.6) is 0 Å². The highest BCUT2D eigenvalue weighted by molar-refractivity contribution is 5.29. The predicted octanol–water partition coefficient (Wildman–Crippen LogP) is 3.72. The molecule has 1 saturated carbocycles. The van der Waals surface area contributed by atoms with Crippen LogP contribution in [0.4, 0.5) is 4.39 Å². The number of alkyl halides is 1. The Labute approximate surface area is 102 Å². The fraction of sp³-hybridized carbons (Fsp3) is 0.600. The summed E-state index contributed by atoms with van der Waals surface area (Å²) in [5.74, 6) is 0.693. The molecule has 2 fully saturated rings. The number of hydrogen-bond acceptors (Lipinski definition) is 1. The standard InChI is InChI=1S/C15H20FN/c16-15(14-8-3-9-17-14)13-7-2-6-12(10-13)11-4-1-5-11/h2,6-7,10-11,14-15,17H,1,3-5,8-9H2. The molecule has 1 N–H and O–H groups in total. The Morgan fingerprint density at radius 1 is 1.18 bits per heavy atom. The molecule has 1 saturated heterocycles. The third kappa shape index (κ3) is 2.23. The van der Waals surface area contributed by atoms with Gasteiger partial charge < -0.3 is 5.32 Å². The fourth-order valence-corrected chi connectivity index (χ4v) is 2.92. The Hall–Kier alpha value is -0.890. The highest BCUT2D eigenvalue weighted by Crippen LogP contribution is 2.37. The first-order chi connectivity index (χ1) is 8.34. The number of rotatable bonds is 3. The fourth-order valence-electron chi connectivity index (χ4n) is 2.92. The Balaban J connectivity index is 1.76. The quantitative estimate of drug-likeness (QED) is 0.839. The average molecular weight is 233 g/mol. The first kappa shape index (κ1) is 11.2. The van der Waals surface area contributed by atoms with Crippen LogP contribution in [0.1, 0.15) is 55.3 Å². The molecule has 1 aliphatic heterocycles. The van der Waals surface area contributed by atoms with Crippen LogP contribution >= 0.6 is 0 Å². The van der Waals surface area contributed by atoms with Crippen LogP contribution < -0.4 is 5.32 Å². The third-order valence-corrected chi connectivity index (χ3v) is 4.26. The molecule has 1 aliphatic carbocycles. The summed E-state index contributed by atoms with van der Waals surface area (Å²) in [4.78, 5) is 0. The van der Waals surface area contributed by atoms with Crippen molar-refractivity contribution in [2.45, 2.75) is 50.2 Å². The van der Waals surface area contributed by atoms with E-state index >= 15 is 0 Å². The van der Waals surface area contributed by atoms with Gasteiger partial charge in [0.15, 0.2) is 0 Å². The highest BCUT2D eigenvalue weighted by atomic mass is 19.1. The lowest BCUT2D eigenvalue weighted by molar-refractivity contribution is 0.270. The Kier molecular flexibility index (Phi) is 3.15. The zero-order valence-corrected chi connectivity index (χ0v) is 10.2. The van der Waals surface area contributed by atoms with Crippen molar-refractivity contribution in [3.05, 3.63) is 35.4 Å². The van der Waals surface area contributed by atoms with Crippen molar-refractivity contribution in [1.82, 2.24) is 5.32 Å². The molecule has 1 nitrogen and oxygen atoms in total. The minimum absolute atomic E-state index is 0.0339. The summed E-state index contributed by atoms with van der Waals surface area (Å²) >= 11 is 0. The van der Waals surface area contributed by atoms with Gasteiger partial charge in [0.25, 0.3) is 0 Å². The van der Waals surface area contributed by atoms with Crippen molar-refractivity contribution < 1.29 is 4.39 Å². The topological polar surface area (TPSA) is 12.0 Å². The van der Waals surface area contributed by atoms with Crippen molar-refractivity contribution in [3.8, 4) is 0 Å². The molecule has 2 unspecified atom stereocenters. The molecule has 92 valence electrons. The maximum atomic E-state index is 14.3. The first-order valence-corrected chi connectivity index (χ1v) is 6.82. The van der Waals surface area contributed by atoms with E-state index in [2.05, 4.69) is 17.4 Å². The molecule has 17 heavy (non-hydrogen) atoms. The summed E-state index contributed by atoms with van der Waals surface area (Å²) in [6.45, 7) is 0.966. The van der Waals surface area contributed by atoms with Crippen LogP contribution in [0.15, 0.2) is 24.3 Å². The molecule has 1 heterocycles. The van der Waals surface area contributed by atoms with E-state index in [1.54, 1.807) is 0 Å². The van der Waals surface area contributed by atoms with Crippen LogP contribution in [0, 0.1) is 0 Å². The van der Waals surface area contributed by atoms with Gasteiger partial charge in [0.05, 0.1) is 0 Å². The van der Waals surface area contributed by atoms with Crippen LogP contribution in [0.2, 0.25) is 0 Å². The van der Waals surface area contributed by atoms with Gasteiger partial charge in [0, 0.05) is 6.04 Å². The van der Waals surface area contributed by atoms with Gasteiger partial charge in [-0.2, -0.15) is 0 Å². The van der Waals surface area contributed by atoms with E-state index < -0.39 is 6.17 Å². The minimum Gasteiger partial charge on any atom is -0.311 e. The third-order valence-electron chi connectivity index (χ3n) is 4.26. The van der Waals surface area contributed by atoms with Crippen molar-refractivity contribution in [2.24, 2.45) is 0 Å². The zero-order valence-electron chi connectivity index (χ0n) is 10.2. The van der Waals surface area contributed by atoms with Gasteiger partial charge >= 0.3 is 0 Å². The summed E-state index contributed by atoms with van der Waals surface area (Å²) in [7, 11) is 0. The van der Waals surface area contributed by atoms with Gasteiger partial charge in [-0.1, -0.05) is 30.7 Å². The van der Waals surface area contributed by atoms with Crippen LogP contribution in [0.25, 0.3) is 0 Å². The lowest BCUT2D eigenvalue weighted by atomic mass is 9.79. The van der Waals surface area contributed by atoms with Crippen molar-refractivity contribution >= 4 is 0 Å². The molecule has 1 aromatic rings. The predicted molar refractivity (Wildman–Crippen MR) is 67.9 cm³/mol. The number of hydrogen-bond donors (Lipinski definition) is 1. The Bertz CT molecular complexity index is 380. The minimum atomic E-state index is -0.836. The molecule has 0 radical (unpaired) electrons. The van der Waals surface area contributed by atoms with Gasteiger partial charge in [-0.05, 0) is 49.3 Å². The van der Waals surface area contributed by atoms with Gasteiger partial charge in [-0.15, -0.1) is 0 Å². The van der Waals surface area contributed by atoms with Gasteiger partial charge in [0.1, 0.15) is 6.17 Å². The second-order valence-corrected chi connectivity index (χ2v) is 5.40. The van der Waals surface area contributed by atoms with Crippen molar-refractivity contribution in [3.63, 3.8) is 0 Å². The summed E-state index contributed by atoms with van der Waals surface area (Å²) in [6.07, 6.45) is 5.13. The monoisotopic (exact) mass is 233 g/mol.